The number of primary sulfonamides is 1. The number of sulfonamides is 1. The first kappa shape index (κ1) is 47.6. The van der Waals surface area contributed by atoms with Crippen molar-refractivity contribution in [1.29, 1.82) is 0 Å². The van der Waals surface area contributed by atoms with Gasteiger partial charge in [0.25, 0.3) is 30.3 Å². The van der Waals surface area contributed by atoms with Crippen LogP contribution >= 0.6 is 11.3 Å². The summed E-state index contributed by atoms with van der Waals surface area (Å²) in [4.78, 5) is 16.6. The van der Waals surface area contributed by atoms with Crippen molar-refractivity contribution in [3.05, 3.63) is 101 Å². The van der Waals surface area contributed by atoms with Crippen LogP contribution in [0.4, 0.5) is 16.5 Å². The van der Waals surface area contributed by atoms with E-state index in [1.807, 2.05) is 75.6 Å². The third-order valence-electron chi connectivity index (χ3n) is 10.6. The van der Waals surface area contributed by atoms with E-state index in [4.69, 9.17) is 5.14 Å². The van der Waals surface area contributed by atoms with Gasteiger partial charge >= 0.3 is 0 Å². The van der Waals surface area contributed by atoms with Crippen LogP contribution in [-0.4, -0.2) is 98.1 Å². The van der Waals surface area contributed by atoms with Crippen molar-refractivity contribution in [3.63, 3.8) is 0 Å². The Morgan fingerprint density at radius 3 is 2.30 bits per heavy atom. The van der Waals surface area contributed by atoms with Crippen LogP contribution in [0.15, 0.2) is 93.9 Å². The van der Waals surface area contributed by atoms with Gasteiger partial charge in [-0.15, -0.1) is 10.2 Å². The summed E-state index contributed by atoms with van der Waals surface area (Å²) in [5.41, 5.74) is 5.78. The first-order valence-electron chi connectivity index (χ1n) is 19.6. The molecule has 3 aromatic rings. The van der Waals surface area contributed by atoms with Crippen LogP contribution in [-0.2, 0) is 52.4 Å². The lowest BCUT2D eigenvalue weighted by molar-refractivity contribution is -0.437. The molecule has 330 valence electrons. The minimum atomic E-state index is -4.35. The Labute approximate surface area is 362 Å². The highest BCUT2D eigenvalue weighted by molar-refractivity contribution is 7.91. The van der Waals surface area contributed by atoms with Crippen LogP contribution in [0, 0.1) is 0 Å². The molecule has 2 aliphatic heterocycles. The second-order valence-electron chi connectivity index (χ2n) is 16.1. The molecule has 5 N–H and O–H groups in total. The standard InChI is InChI=1S/C41H53N7O9S4/c1-7-22-47-34-21-19-30(61(55,56)57)27-32(34)41(4,5)35(47)15-11-9-8-10-12-16-36-40(2,3)31-26-29(18-20-33(31)48(36)24-14-25-59(50,51)52)28-46(6)23-13-17-37(49)43-38-44-45-39(58-38)60(42,53)54/h8-12,15-16,18-21,26-27H,7,13-14,17,22-25,28H2,1-6H3,(H4-,42,43,44,49,50,51,52,53,54,55,56,57)/p+1. The van der Waals surface area contributed by atoms with Gasteiger partial charge in [0.05, 0.1) is 16.1 Å². The first-order chi connectivity index (χ1) is 28.4. The van der Waals surface area contributed by atoms with Gasteiger partial charge in [0, 0.05) is 60.4 Å². The zero-order valence-electron chi connectivity index (χ0n) is 35.1. The molecule has 61 heavy (non-hydrogen) atoms. The van der Waals surface area contributed by atoms with Crippen LogP contribution in [0.1, 0.15) is 77.0 Å². The van der Waals surface area contributed by atoms with Gasteiger partial charge in [-0.25, -0.2) is 13.6 Å². The molecule has 0 saturated heterocycles. The van der Waals surface area contributed by atoms with E-state index in [-0.39, 0.29) is 38.9 Å². The molecular formula is C41H54N7O9S4+. The summed E-state index contributed by atoms with van der Waals surface area (Å²) in [6.45, 7) is 12.7. The van der Waals surface area contributed by atoms with Crippen molar-refractivity contribution in [3.8, 4) is 0 Å². The van der Waals surface area contributed by atoms with Crippen LogP contribution in [0.25, 0.3) is 0 Å². The van der Waals surface area contributed by atoms with Gasteiger partial charge in [-0.3, -0.25) is 13.9 Å². The average molecular weight is 917 g/mol. The number of anilines is 2. The Hall–Kier alpha value is -4.41. The van der Waals surface area contributed by atoms with E-state index in [0.29, 0.717) is 37.4 Å². The summed E-state index contributed by atoms with van der Waals surface area (Å²) in [6, 6.07) is 10.9. The number of aromatic nitrogens is 2. The van der Waals surface area contributed by atoms with E-state index in [1.165, 1.54) is 6.07 Å². The summed E-state index contributed by atoms with van der Waals surface area (Å²) < 4.78 is 90.8. The molecule has 1 aromatic heterocycles. The van der Waals surface area contributed by atoms with E-state index in [0.717, 1.165) is 52.4 Å². The molecule has 2 aromatic carbocycles. The fourth-order valence-electron chi connectivity index (χ4n) is 7.69. The molecule has 16 nitrogen and oxygen atoms in total. The van der Waals surface area contributed by atoms with Crippen molar-refractivity contribution in [2.75, 3.05) is 42.7 Å². The number of carbonyl (C=O) groups is 1. The number of rotatable bonds is 19. The fraction of sp³-hybridized carbons (Fsp3) is 0.415. The maximum atomic E-state index is 12.4. The highest BCUT2D eigenvalue weighted by atomic mass is 32.2. The van der Waals surface area contributed by atoms with E-state index in [9.17, 15) is 39.2 Å². The topological polar surface area (TPSA) is 233 Å². The van der Waals surface area contributed by atoms with E-state index in [1.54, 1.807) is 12.1 Å². The quantitative estimate of drug-likeness (QED) is 0.0490. The Kier molecular flexibility index (Phi) is 14.8. The number of nitrogens with one attached hydrogen (secondary N) is 1. The van der Waals surface area contributed by atoms with Crippen molar-refractivity contribution in [2.24, 2.45) is 5.14 Å². The number of nitrogens with zero attached hydrogens (tertiary/aromatic N) is 5. The molecule has 0 aliphatic carbocycles. The highest BCUT2D eigenvalue weighted by Crippen LogP contribution is 2.48. The van der Waals surface area contributed by atoms with Crippen LogP contribution in [0.5, 0.6) is 0 Å². The predicted octanol–water partition coefficient (Wildman–Crippen LogP) is 5.70. The number of hydrogen-bond acceptors (Lipinski definition) is 12. The van der Waals surface area contributed by atoms with Crippen molar-refractivity contribution >= 4 is 69.7 Å². The highest BCUT2D eigenvalue weighted by Gasteiger charge is 2.44. The smallest absolute Gasteiger partial charge is 0.294 e. The number of fused-ring (bicyclic) bond motifs is 2. The molecule has 0 bridgehead atoms. The molecule has 5 rings (SSSR count). The molecule has 0 atom stereocenters. The molecule has 2 aliphatic rings. The molecule has 1 amide bonds. The lowest BCUT2D eigenvalue weighted by atomic mass is 9.80. The van der Waals surface area contributed by atoms with Gasteiger partial charge in [0.1, 0.15) is 6.54 Å². The van der Waals surface area contributed by atoms with Crippen molar-refractivity contribution < 1.29 is 43.7 Å². The Bertz CT molecular complexity index is 2650. The van der Waals surface area contributed by atoms with Gasteiger partial charge in [-0.1, -0.05) is 68.6 Å². The third-order valence-corrected chi connectivity index (χ3v) is 14.4. The third kappa shape index (κ3) is 11.7. The SMILES string of the molecule is CCCN1/C(=C/C=C/C=C/C=C/C2=[N+](CCCS(=O)(=O)O)c3ccc(CN(C)CCCC(=O)Nc4nnc(S(N)(=O)=O)s4)cc3C2(C)C)C(C)(C)c2cc(S(=O)(=O)O)ccc21. The van der Waals surface area contributed by atoms with Crippen molar-refractivity contribution in [1.82, 2.24) is 15.1 Å². The normalized spacial score (nSPS) is 17.1. The maximum absolute atomic E-state index is 12.4. The number of amides is 1. The maximum Gasteiger partial charge on any atom is 0.294 e. The van der Waals surface area contributed by atoms with Gasteiger partial charge in [0.15, 0.2) is 5.71 Å². The summed E-state index contributed by atoms with van der Waals surface area (Å²) >= 11 is 0.685. The fourth-order valence-corrected chi connectivity index (χ4v) is 10.0. The number of carbonyl (C=O) groups excluding carboxylic acids is 1. The molecular weight excluding hydrogens is 863 g/mol. The predicted molar refractivity (Wildman–Crippen MR) is 238 cm³/mol. The largest absolute Gasteiger partial charge is 0.344 e. The second-order valence-corrected chi connectivity index (χ2v) is 21.8. The molecule has 20 heteroatoms. The second kappa shape index (κ2) is 18.9. The van der Waals surface area contributed by atoms with Crippen LogP contribution in [0.2, 0.25) is 0 Å². The van der Waals surface area contributed by atoms with Gasteiger partial charge < -0.3 is 15.1 Å². The zero-order valence-corrected chi connectivity index (χ0v) is 38.3. The lowest BCUT2D eigenvalue weighted by Crippen LogP contribution is -2.28. The van der Waals surface area contributed by atoms with Gasteiger partial charge in [-0.05, 0) is 81.7 Å². The summed E-state index contributed by atoms with van der Waals surface area (Å²) in [5.74, 6) is -0.689. The molecule has 0 fully saturated rings. The number of nitrogens with two attached hydrogens (primary N) is 1. The van der Waals surface area contributed by atoms with E-state index >= 15 is 0 Å². The van der Waals surface area contributed by atoms with Gasteiger partial charge in [-0.2, -0.15) is 21.4 Å². The molecule has 3 heterocycles. The Morgan fingerprint density at radius 1 is 0.934 bits per heavy atom. The molecule has 0 unspecified atom stereocenters. The summed E-state index contributed by atoms with van der Waals surface area (Å²) in [6.07, 6.45) is 15.4. The summed E-state index contributed by atoms with van der Waals surface area (Å²) in [5, 5.41) is 14.8. The van der Waals surface area contributed by atoms with Crippen LogP contribution < -0.4 is 15.4 Å². The van der Waals surface area contributed by atoms with Crippen molar-refractivity contribution in [2.45, 2.75) is 86.9 Å². The van der Waals surface area contributed by atoms with Crippen LogP contribution in [0.3, 0.4) is 0 Å². The number of hydrogen-bond donors (Lipinski definition) is 4. The monoisotopic (exact) mass is 916 g/mol. The van der Waals surface area contributed by atoms with Gasteiger partial charge in [0.2, 0.25) is 21.1 Å². The molecule has 0 radical (unpaired) electrons. The minimum absolute atomic E-state index is 0.0565. The molecule has 0 spiro atoms. The zero-order chi connectivity index (χ0) is 45.0. The first-order valence-corrected chi connectivity index (χ1v) is 25.0. The number of benzene rings is 2. The lowest BCUT2D eigenvalue weighted by Gasteiger charge is -2.26. The summed E-state index contributed by atoms with van der Waals surface area (Å²) in [7, 11) is -10.5. The Balaban J connectivity index is 1.27. The Morgan fingerprint density at radius 2 is 1.64 bits per heavy atom. The van der Waals surface area contributed by atoms with E-state index < -0.39 is 41.1 Å². The van der Waals surface area contributed by atoms with E-state index in [2.05, 4.69) is 56.7 Å². The number of allylic oxidation sites excluding steroid dienone is 8. The molecule has 0 saturated carbocycles. The minimum Gasteiger partial charge on any atom is -0.344 e. The average Bonchev–Trinajstić information content (AvgIpc) is 3.77.